The molecule has 0 aliphatic carbocycles. The summed E-state index contributed by atoms with van der Waals surface area (Å²) in [7, 11) is 0. The number of nitrogens with zero attached hydrogens (tertiary/aromatic N) is 3. The van der Waals surface area contributed by atoms with Crippen molar-refractivity contribution < 1.29 is 4.39 Å². The molecule has 1 aliphatic rings. The monoisotopic (exact) mass is 324 g/mol. The largest absolute Gasteiger partial charge is 0.317 e. The van der Waals surface area contributed by atoms with Crippen molar-refractivity contribution in [2.75, 3.05) is 13.1 Å². The summed E-state index contributed by atoms with van der Waals surface area (Å²) in [6, 6.07) is 2.09. The fourth-order valence-electron chi connectivity index (χ4n) is 2.80. The minimum Gasteiger partial charge on any atom is -0.317 e. The van der Waals surface area contributed by atoms with E-state index in [2.05, 4.69) is 21.4 Å². The SMILES string of the molecule is N#Cc1c(Cl)nc2c(F)c(Cl)ncc2c1C1CCNCC1. The molecule has 7 heteroatoms. The molecular formula is C14H11Cl2FN4. The third kappa shape index (κ3) is 2.44. The molecule has 0 atom stereocenters. The first kappa shape index (κ1) is 14.5. The first-order valence-electron chi connectivity index (χ1n) is 6.57. The van der Waals surface area contributed by atoms with Gasteiger partial charge in [-0.25, -0.2) is 14.4 Å². The Balaban J connectivity index is 2.33. The van der Waals surface area contributed by atoms with Gasteiger partial charge in [0.05, 0.1) is 5.56 Å². The van der Waals surface area contributed by atoms with Gasteiger partial charge in [-0.3, -0.25) is 0 Å². The molecule has 0 saturated carbocycles. The predicted octanol–water partition coefficient (Wildman–Crippen LogP) is 3.41. The molecule has 0 amide bonds. The number of fused-ring (bicyclic) bond motifs is 1. The van der Waals surface area contributed by atoms with E-state index in [1.807, 2.05) is 0 Å². The number of hydrogen-bond acceptors (Lipinski definition) is 4. The van der Waals surface area contributed by atoms with Crippen LogP contribution in [0.15, 0.2) is 6.20 Å². The molecule has 0 spiro atoms. The van der Waals surface area contributed by atoms with Crippen molar-refractivity contribution in [1.29, 1.82) is 5.26 Å². The topological polar surface area (TPSA) is 61.6 Å². The Morgan fingerprint density at radius 2 is 2.00 bits per heavy atom. The standard InChI is InChI=1S/C14H11Cl2FN4/c15-13-8(5-18)10(7-1-3-19-4-2-7)9-6-20-14(16)11(17)12(9)21-13/h6-7,19H,1-4H2. The highest BCUT2D eigenvalue weighted by atomic mass is 35.5. The summed E-state index contributed by atoms with van der Waals surface area (Å²) in [6.45, 7) is 1.70. The average molecular weight is 325 g/mol. The molecule has 1 saturated heterocycles. The summed E-state index contributed by atoms with van der Waals surface area (Å²) in [5, 5.41) is 12.9. The summed E-state index contributed by atoms with van der Waals surface area (Å²) in [4.78, 5) is 7.84. The van der Waals surface area contributed by atoms with Crippen LogP contribution in [-0.2, 0) is 0 Å². The smallest absolute Gasteiger partial charge is 0.186 e. The normalized spacial score (nSPS) is 16.1. The Morgan fingerprint density at radius 1 is 1.29 bits per heavy atom. The van der Waals surface area contributed by atoms with E-state index in [4.69, 9.17) is 23.2 Å². The maximum Gasteiger partial charge on any atom is 0.186 e. The van der Waals surface area contributed by atoms with Crippen molar-refractivity contribution in [1.82, 2.24) is 15.3 Å². The van der Waals surface area contributed by atoms with Crippen LogP contribution in [-0.4, -0.2) is 23.1 Å². The Bertz CT molecular complexity index is 751. The van der Waals surface area contributed by atoms with Crippen LogP contribution in [0.4, 0.5) is 4.39 Å². The summed E-state index contributed by atoms with van der Waals surface area (Å²) in [6.07, 6.45) is 3.19. The fourth-order valence-corrected chi connectivity index (χ4v) is 3.17. The van der Waals surface area contributed by atoms with Crippen LogP contribution in [0.25, 0.3) is 10.9 Å². The van der Waals surface area contributed by atoms with Crippen LogP contribution in [0.2, 0.25) is 10.3 Å². The van der Waals surface area contributed by atoms with Crippen molar-refractivity contribution in [3.63, 3.8) is 0 Å². The number of aromatic nitrogens is 2. The van der Waals surface area contributed by atoms with E-state index in [-0.39, 0.29) is 21.7 Å². The molecule has 3 heterocycles. The van der Waals surface area contributed by atoms with E-state index in [0.717, 1.165) is 31.5 Å². The van der Waals surface area contributed by atoms with E-state index in [9.17, 15) is 9.65 Å². The molecule has 0 radical (unpaired) electrons. The van der Waals surface area contributed by atoms with E-state index in [1.54, 1.807) is 0 Å². The van der Waals surface area contributed by atoms with Gasteiger partial charge in [-0.2, -0.15) is 5.26 Å². The Labute approximate surface area is 130 Å². The van der Waals surface area contributed by atoms with Crippen molar-refractivity contribution in [2.24, 2.45) is 0 Å². The summed E-state index contributed by atoms with van der Waals surface area (Å²) < 4.78 is 14.2. The lowest BCUT2D eigenvalue weighted by Crippen LogP contribution is -2.27. The van der Waals surface area contributed by atoms with Gasteiger partial charge in [0.15, 0.2) is 11.0 Å². The Hall–Kier alpha value is -1.48. The highest BCUT2D eigenvalue weighted by Crippen LogP contribution is 2.37. The zero-order valence-electron chi connectivity index (χ0n) is 11.0. The van der Waals surface area contributed by atoms with Crippen LogP contribution >= 0.6 is 23.2 Å². The number of nitrogens with one attached hydrogen (secondary N) is 1. The van der Waals surface area contributed by atoms with E-state index < -0.39 is 5.82 Å². The maximum atomic E-state index is 14.2. The molecule has 0 aromatic carbocycles. The zero-order valence-corrected chi connectivity index (χ0v) is 12.5. The number of pyridine rings is 2. The van der Waals surface area contributed by atoms with Gasteiger partial charge in [0.2, 0.25) is 0 Å². The molecule has 0 bridgehead atoms. The number of hydrogen-bond donors (Lipinski definition) is 1. The summed E-state index contributed by atoms with van der Waals surface area (Å²) >= 11 is 11.8. The van der Waals surface area contributed by atoms with E-state index in [0.29, 0.717) is 10.9 Å². The number of rotatable bonds is 1. The average Bonchev–Trinajstić information content (AvgIpc) is 2.51. The summed E-state index contributed by atoms with van der Waals surface area (Å²) in [5.41, 5.74) is 1.11. The van der Waals surface area contributed by atoms with Crippen molar-refractivity contribution in [2.45, 2.75) is 18.8 Å². The molecule has 0 unspecified atom stereocenters. The van der Waals surface area contributed by atoms with Gasteiger partial charge in [-0.15, -0.1) is 0 Å². The quantitative estimate of drug-likeness (QED) is 0.816. The summed E-state index contributed by atoms with van der Waals surface area (Å²) in [5.74, 6) is -0.568. The lowest BCUT2D eigenvalue weighted by molar-refractivity contribution is 0.461. The van der Waals surface area contributed by atoms with E-state index in [1.165, 1.54) is 6.20 Å². The second-order valence-corrected chi connectivity index (χ2v) is 5.67. The van der Waals surface area contributed by atoms with E-state index >= 15 is 0 Å². The molecular weight excluding hydrogens is 314 g/mol. The highest BCUT2D eigenvalue weighted by molar-refractivity contribution is 6.32. The Kier molecular flexibility index (Phi) is 3.94. The Morgan fingerprint density at radius 3 is 2.67 bits per heavy atom. The van der Waals surface area contributed by atoms with Crippen molar-refractivity contribution >= 4 is 34.1 Å². The first-order valence-corrected chi connectivity index (χ1v) is 7.33. The second-order valence-electron chi connectivity index (χ2n) is 4.95. The van der Waals surface area contributed by atoms with Crippen molar-refractivity contribution in [3.8, 4) is 6.07 Å². The van der Waals surface area contributed by atoms with Crippen LogP contribution in [0.1, 0.15) is 29.9 Å². The van der Waals surface area contributed by atoms with Gasteiger partial charge in [0, 0.05) is 11.6 Å². The van der Waals surface area contributed by atoms with Gasteiger partial charge in [-0.05, 0) is 37.4 Å². The fraction of sp³-hybridized carbons (Fsp3) is 0.357. The highest BCUT2D eigenvalue weighted by Gasteiger charge is 2.25. The van der Waals surface area contributed by atoms with Gasteiger partial charge in [0.1, 0.15) is 16.7 Å². The number of halogens is 3. The molecule has 21 heavy (non-hydrogen) atoms. The van der Waals surface area contributed by atoms with Crippen LogP contribution in [0.5, 0.6) is 0 Å². The molecule has 108 valence electrons. The molecule has 2 aromatic heterocycles. The molecule has 1 N–H and O–H groups in total. The molecule has 4 nitrogen and oxygen atoms in total. The second kappa shape index (κ2) is 5.72. The lowest BCUT2D eigenvalue weighted by atomic mass is 9.86. The molecule has 1 fully saturated rings. The van der Waals surface area contributed by atoms with Crippen LogP contribution in [0, 0.1) is 17.1 Å². The van der Waals surface area contributed by atoms with Crippen LogP contribution in [0.3, 0.4) is 0 Å². The number of piperidine rings is 1. The van der Waals surface area contributed by atoms with Gasteiger partial charge in [0.25, 0.3) is 0 Å². The minimum absolute atomic E-state index is 0.0136. The molecule has 3 rings (SSSR count). The molecule has 1 aliphatic heterocycles. The third-order valence-corrected chi connectivity index (χ3v) is 4.32. The third-order valence-electron chi connectivity index (χ3n) is 3.79. The minimum atomic E-state index is -0.698. The van der Waals surface area contributed by atoms with Gasteiger partial charge < -0.3 is 5.32 Å². The zero-order chi connectivity index (χ0) is 15.0. The molecule has 2 aromatic rings. The van der Waals surface area contributed by atoms with Gasteiger partial charge in [-0.1, -0.05) is 23.2 Å². The van der Waals surface area contributed by atoms with Crippen molar-refractivity contribution in [3.05, 3.63) is 33.4 Å². The predicted molar refractivity (Wildman–Crippen MR) is 79.1 cm³/mol. The first-order chi connectivity index (χ1) is 10.1. The van der Waals surface area contributed by atoms with Gasteiger partial charge >= 0.3 is 0 Å². The van der Waals surface area contributed by atoms with Crippen LogP contribution < -0.4 is 5.32 Å². The lowest BCUT2D eigenvalue weighted by Gasteiger charge is -2.25. The number of nitriles is 1. The maximum absolute atomic E-state index is 14.2.